The van der Waals surface area contributed by atoms with Crippen molar-refractivity contribution in [1.82, 2.24) is 20.2 Å². The molecule has 0 aliphatic carbocycles. The Balaban J connectivity index is 1.82. The number of nitrogens with zero attached hydrogens (tertiary/aromatic N) is 4. The van der Waals surface area contributed by atoms with E-state index < -0.39 is 0 Å². The van der Waals surface area contributed by atoms with Crippen molar-refractivity contribution in [3.63, 3.8) is 0 Å². The lowest BCUT2D eigenvalue weighted by molar-refractivity contribution is 0.585. The summed E-state index contributed by atoms with van der Waals surface area (Å²) in [5.74, 6) is 0.649. The molecule has 0 fully saturated rings. The first-order valence-corrected chi connectivity index (χ1v) is 8.51. The third-order valence-corrected chi connectivity index (χ3v) is 4.83. The second-order valence-corrected chi connectivity index (χ2v) is 6.87. The van der Waals surface area contributed by atoms with Gasteiger partial charge in [-0.25, -0.2) is 0 Å². The number of allylic oxidation sites excluding steroid dienone is 1. The zero-order valence-corrected chi connectivity index (χ0v) is 14.9. The molecule has 0 spiro atoms. The van der Waals surface area contributed by atoms with Crippen LogP contribution in [0.25, 0.3) is 5.70 Å². The molecule has 0 saturated heterocycles. The fourth-order valence-electron chi connectivity index (χ4n) is 2.86. The molecule has 24 heavy (non-hydrogen) atoms. The molecule has 1 atom stereocenters. The van der Waals surface area contributed by atoms with Gasteiger partial charge in [-0.2, -0.15) is 4.68 Å². The van der Waals surface area contributed by atoms with E-state index in [4.69, 9.17) is 0 Å². The number of anilines is 1. The van der Waals surface area contributed by atoms with Crippen LogP contribution in [0.15, 0.2) is 53.0 Å². The number of halogens is 1. The van der Waals surface area contributed by atoms with E-state index in [1.807, 2.05) is 12.1 Å². The highest BCUT2D eigenvalue weighted by molar-refractivity contribution is 9.10. The Morgan fingerprint density at radius 1 is 1.08 bits per heavy atom. The summed E-state index contributed by atoms with van der Waals surface area (Å²) in [5.41, 5.74) is 5.82. The molecule has 4 rings (SSSR count). The fourth-order valence-corrected chi connectivity index (χ4v) is 3.28. The number of aryl methyl sites for hydroxylation is 2. The summed E-state index contributed by atoms with van der Waals surface area (Å²) in [4.78, 5) is 0. The zero-order chi connectivity index (χ0) is 16.7. The van der Waals surface area contributed by atoms with Gasteiger partial charge in [0.25, 0.3) is 0 Å². The normalized spacial score (nSPS) is 16.3. The predicted octanol–water partition coefficient (Wildman–Crippen LogP) is 4.11. The second kappa shape index (κ2) is 5.87. The standard InChI is InChI=1S/C18H16BrN5/c1-11-6-7-13(8-12(11)2)16-10-17(14-4-3-5-15(19)9-14)24-18(20-16)21-22-23-24/h3-10,17H,1-2H3,(H,20,21,23). The van der Waals surface area contributed by atoms with E-state index in [0.29, 0.717) is 5.95 Å². The van der Waals surface area contributed by atoms with Crippen LogP contribution in [0, 0.1) is 13.8 Å². The molecule has 0 bridgehead atoms. The lowest BCUT2D eigenvalue weighted by Crippen LogP contribution is -2.20. The van der Waals surface area contributed by atoms with Gasteiger partial charge in [0.05, 0.1) is 0 Å². The van der Waals surface area contributed by atoms with Crippen molar-refractivity contribution in [3.8, 4) is 0 Å². The highest BCUT2D eigenvalue weighted by atomic mass is 79.9. The van der Waals surface area contributed by atoms with Crippen LogP contribution in [0.3, 0.4) is 0 Å². The third kappa shape index (κ3) is 2.63. The zero-order valence-electron chi connectivity index (χ0n) is 13.4. The Hall–Kier alpha value is -2.47. The van der Waals surface area contributed by atoms with Crippen LogP contribution in [0.5, 0.6) is 0 Å². The van der Waals surface area contributed by atoms with Gasteiger partial charge in [0.1, 0.15) is 6.04 Å². The molecule has 1 aliphatic heterocycles. The van der Waals surface area contributed by atoms with Gasteiger partial charge in [0.2, 0.25) is 5.95 Å². The molecule has 1 aromatic heterocycles. The quantitative estimate of drug-likeness (QED) is 0.725. The summed E-state index contributed by atoms with van der Waals surface area (Å²) in [6.07, 6.45) is 2.16. The maximum absolute atomic E-state index is 4.14. The molecule has 1 aliphatic rings. The third-order valence-electron chi connectivity index (χ3n) is 4.34. The summed E-state index contributed by atoms with van der Waals surface area (Å²) in [6, 6.07) is 14.6. The number of rotatable bonds is 2. The smallest absolute Gasteiger partial charge is 0.248 e. The highest BCUT2D eigenvalue weighted by Gasteiger charge is 2.24. The van der Waals surface area contributed by atoms with Gasteiger partial charge >= 0.3 is 0 Å². The Labute approximate surface area is 148 Å². The molecule has 0 saturated carbocycles. The molecule has 0 amide bonds. The van der Waals surface area contributed by atoms with Crippen molar-refractivity contribution in [3.05, 3.63) is 75.3 Å². The number of fused-ring (bicyclic) bond motifs is 1. The molecule has 0 radical (unpaired) electrons. The van der Waals surface area contributed by atoms with E-state index >= 15 is 0 Å². The minimum absolute atomic E-state index is 0.0506. The van der Waals surface area contributed by atoms with Gasteiger partial charge in [0.15, 0.2) is 0 Å². The monoisotopic (exact) mass is 381 g/mol. The molecule has 2 heterocycles. The molecule has 2 aromatic carbocycles. The van der Waals surface area contributed by atoms with Crippen LogP contribution in [0.4, 0.5) is 5.95 Å². The van der Waals surface area contributed by atoms with E-state index in [0.717, 1.165) is 21.3 Å². The Morgan fingerprint density at radius 3 is 2.75 bits per heavy atom. The SMILES string of the molecule is Cc1ccc(C2=CC(c3cccc(Br)c3)n3nnnc3N2)cc1C. The summed E-state index contributed by atoms with van der Waals surface area (Å²) in [7, 11) is 0. The first-order valence-electron chi connectivity index (χ1n) is 7.71. The van der Waals surface area contributed by atoms with Crippen LogP contribution in [0.2, 0.25) is 0 Å². The Kier molecular flexibility index (Phi) is 3.69. The lowest BCUT2D eigenvalue weighted by Gasteiger charge is -2.24. The average molecular weight is 382 g/mol. The van der Waals surface area contributed by atoms with Crippen LogP contribution >= 0.6 is 15.9 Å². The first-order chi connectivity index (χ1) is 11.6. The number of tetrazole rings is 1. The maximum Gasteiger partial charge on any atom is 0.248 e. The highest BCUT2D eigenvalue weighted by Crippen LogP contribution is 2.32. The minimum Gasteiger partial charge on any atom is -0.323 e. The van der Waals surface area contributed by atoms with Gasteiger partial charge in [0, 0.05) is 10.2 Å². The van der Waals surface area contributed by atoms with E-state index in [9.17, 15) is 0 Å². The van der Waals surface area contributed by atoms with Crippen LogP contribution in [0.1, 0.15) is 28.3 Å². The number of hydrogen-bond acceptors (Lipinski definition) is 4. The van der Waals surface area contributed by atoms with E-state index in [1.165, 1.54) is 11.1 Å². The number of nitrogens with one attached hydrogen (secondary N) is 1. The number of benzene rings is 2. The second-order valence-electron chi connectivity index (χ2n) is 5.95. The summed E-state index contributed by atoms with van der Waals surface area (Å²) >= 11 is 3.54. The summed E-state index contributed by atoms with van der Waals surface area (Å²) in [6.45, 7) is 4.24. The molecule has 5 nitrogen and oxygen atoms in total. The fraction of sp³-hybridized carbons (Fsp3) is 0.167. The summed E-state index contributed by atoms with van der Waals surface area (Å²) in [5, 5.41) is 15.4. The van der Waals surface area contributed by atoms with Gasteiger partial charge in [-0.15, -0.1) is 0 Å². The van der Waals surface area contributed by atoms with Crippen LogP contribution < -0.4 is 5.32 Å². The molecule has 1 unspecified atom stereocenters. The first kappa shape index (κ1) is 15.1. The van der Waals surface area contributed by atoms with Crippen molar-refractivity contribution in [2.45, 2.75) is 19.9 Å². The molecule has 6 heteroatoms. The van der Waals surface area contributed by atoms with Crippen molar-refractivity contribution in [2.24, 2.45) is 0 Å². The molecule has 120 valence electrons. The Bertz CT molecular complexity index is 944. The van der Waals surface area contributed by atoms with Gasteiger partial charge in [-0.1, -0.05) is 45.3 Å². The molecular formula is C18H16BrN5. The maximum atomic E-state index is 4.14. The topological polar surface area (TPSA) is 55.6 Å². The summed E-state index contributed by atoms with van der Waals surface area (Å²) < 4.78 is 2.83. The van der Waals surface area contributed by atoms with Crippen LogP contribution in [-0.2, 0) is 0 Å². The van der Waals surface area contributed by atoms with E-state index in [-0.39, 0.29) is 6.04 Å². The van der Waals surface area contributed by atoms with Crippen molar-refractivity contribution < 1.29 is 0 Å². The molecule has 3 aromatic rings. The number of hydrogen-bond donors (Lipinski definition) is 1. The van der Waals surface area contributed by atoms with Crippen molar-refractivity contribution in [1.29, 1.82) is 0 Å². The predicted molar refractivity (Wildman–Crippen MR) is 97.6 cm³/mol. The lowest BCUT2D eigenvalue weighted by atomic mass is 9.99. The minimum atomic E-state index is -0.0506. The van der Waals surface area contributed by atoms with E-state index in [2.05, 4.69) is 87.0 Å². The van der Waals surface area contributed by atoms with Gasteiger partial charge < -0.3 is 5.32 Å². The van der Waals surface area contributed by atoms with Gasteiger partial charge in [-0.3, -0.25) is 0 Å². The van der Waals surface area contributed by atoms with Crippen LogP contribution in [-0.4, -0.2) is 20.2 Å². The largest absolute Gasteiger partial charge is 0.323 e. The average Bonchev–Trinajstić information content (AvgIpc) is 3.05. The van der Waals surface area contributed by atoms with Crippen molar-refractivity contribution >= 4 is 27.6 Å². The Morgan fingerprint density at radius 2 is 1.96 bits per heavy atom. The number of aromatic nitrogens is 4. The molecular weight excluding hydrogens is 366 g/mol. The van der Waals surface area contributed by atoms with E-state index in [1.54, 1.807) is 4.68 Å². The molecule has 1 N–H and O–H groups in total. The van der Waals surface area contributed by atoms with Gasteiger partial charge in [-0.05, 0) is 70.8 Å². The van der Waals surface area contributed by atoms with Crippen molar-refractivity contribution in [2.75, 3.05) is 5.32 Å².